The van der Waals surface area contributed by atoms with Gasteiger partial charge in [-0.25, -0.2) is 4.79 Å². The lowest BCUT2D eigenvalue weighted by Gasteiger charge is -2.06. The van der Waals surface area contributed by atoms with E-state index in [2.05, 4.69) is 11.4 Å². The monoisotopic (exact) mass is 131 g/mol. The van der Waals surface area contributed by atoms with Gasteiger partial charge in [0, 0.05) is 6.20 Å². The molecule has 1 amide bonds. The van der Waals surface area contributed by atoms with Crippen molar-refractivity contribution in [2.45, 2.75) is 0 Å². The van der Waals surface area contributed by atoms with Crippen molar-refractivity contribution in [3.8, 4) is 0 Å². The number of rotatable bonds is 3. The molecule has 0 bridgehead atoms. The minimum atomic E-state index is -1.39. The highest BCUT2D eigenvalue weighted by Crippen LogP contribution is 1.87. The summed E-state index contributed by atoms with van der Waals surface area (Å²) in [7, 11) is 0. The van der Waals surface area contributed by atoms with Crippen LogP contribution in [-0.2, 0) is 9.63 Å². The zero-order valence-corrected chi connectivity index (χ0v) is 4.48. The number of hydrogen-bond acceptors (Lipinski definition) is 3. The lowest BCUT2D eigenvalue weighted by atomic mass is 10.9. The Bertz CT molecular complexity index is 133. The Morgan fingerprint density at radius 2 is 2.33 bits per heavy atom. The average molecular weight is 131 g/mol. The molecule has 5 heteroatoms. The second-order valence-electron chi connectivity index (χ2n) is 0.993. The first-order valence-electron chi connectivity index (χ1n) is 1.97. The summed E-state index contributed by atoms with van der Waals surface area (Å²) in [5, 5.41) is 8.36. The van der Waals surface area contributed by atoms with Gasteiger partial charge in [-0.2, -0.15) is 0 Å². The maximum absolute atomic E-state index is 9.89. The molecule has 0 aromatic heterocycles. The lowest BCUT2D eigenvalue weighted by Crippen LogP contribution is -2.22. The van der Waals surface area contributed by atoms with Gasteiger partial charge in [0.15, 0.2) is 0 Å². The van der Waals surface area contributed by atoms with Crippen LogP contribution in [0.5, 0.6) is 0 Å². The van der Waals surface area contributed by atoms with Crippen molar-refractivity contribution in [1.29, 1.82) is 0 Å². The van der Waals surface area contributed by atoms with Gasteiger partial charge in [-0.15, -0.1) is 5.06 Å². The Balaban J connectivity index is 3.81. The largest absolute Gasteiger partial charge is 0.463 e. The Morgan fingerprint density at radius 3 is 2.44 bits per heavy atom. The maximum Gasteiger partial charge on any atom is 0.445 e. The van der Waals surface area contributed by atoms with Crippen molar-refractivity contribution in [3.63, 3.8) is 0 Å². The van der Waals surface area contributed by atoms with Gasteiger partial charge in [0.1, 0.15) is 0 Å². The van der Waals surface area contributed by atoms with Crippen LogP contribution in [0.1, 0.15) is 0 Å². The summed E-state index contributed by atoms with van der Waals surface area (Å²) in [6, 6.07) is 0. The van der Waals surface area contributed by atoms with Crippen molar-refractivity contribution in [3.05, 3.63) is 12.8 Å². The van der Waals surface area contributed by atoms with Gasteiger partial charge in [-0.1, -0.05) is 6.58 Å². The van der Waals surface area contributed by atoms with Crippen LogP contribution in [0.25, 0.3) is 0 Å². The molecule has 5 nitrogen and oxygen atoms in total. The number of hydrogen-bond donors (Lipinski definition) is 1. The summed E-state index contributed by atoms with van der Waals surface area (Å²) < 4.78 is 0. The fraction of sp³-hybridized carbons (Fsp3) is 0. The Hall–Kier alpha value is -1.52. The summed E-state index contributed by atoms with van der Waals surface area (Å²) >= 11 is 0. The molecule has 0 unspecified atom stereocenters. The first-order chi connectivity index (χ1) is 4.22. The third-order valence-electron chi connectivity index (χ3n) is 0.511. The van der Waals surface area contributed by atoms with E-state index in [1.807, 2.05) is 0 Å². The molecule has 0 aromatic rings. The molecule has 0 aliphatic heterocycles. The molecule has 50 valence electrons. The molecule has 9 heavy (non-hydrogen) atoms. The Kier molecular flexibility index (Phi) is 2.89. The Labute approximate surface area is 51.1 Å². The first-order valence-corrected chi connectivity index (χ1v) is 1.97. The number of carbonyl (C=O) groups is 2. The van der Waals surface area contributed by atoms with Gasteiger partial charge in [-0.05, 0) is 0 Å². The van der Waals surface area contributed by atoms with Crippen molar-refractivity contribution >= 4 is 12.6 Å². The van der Waals surface area contributed by atoms with Gasteiger partial charge in [0.25, 0.3) is 0 Å². The van der Waals surface area contributed by atoms with Crippen LogP contribution in [0, 0.1) is 0 Å². The van der Waals surface area contributed by atoms with Crippen LogP contribution in [0.15, 0.2) is 12.8 Å². The quantitative estimate of drug-likeness (QED) is 0.438. The molecule has 0 heterocycles. The van der Waals surface area contributed by atoms with Crippen molar-refractivity contribution in [2.24, 2.45) is 0 Å². The van der Waals surface area contributed by atoms with E-state index in [-0.39, 0.29) is 11.5 Å². The molecular weight excluding hydrogens is 126 g/mol. The second kappa shape index (κ2) is 3.48. The molecule has 0 saturated carbocycles. The zero-order chi connectivity index (χ0) is 7.28. The Morgan fingerprint density at radius 1 is 1.78 bits per heavy atom. The number of hydroxylamine groups is 2. The van der Waals surface area contributed by atoms with E-state index in [0.29, 0.717) is 0 Å². The summed E-state index contributed by atoms with van der Waals surface area (Å²) in [5.41, 5.74) is 0. The topological polar surface area (TPSA) is 66.8 Å². The lowest BCUT2D eigenvalue weighted by molar-refractivity contribution is -0.153. The standard InChI is InChI=1S/C4H5NO4/c1-2-5(4(7)8)9-3-6/h2-3H,1H2,(H,7,8). The van der Waals surface area contributed by atoms with E-state index >= 15 is 0 Å². The van der Waals surface area contributed by atoms with E-state index in [4.69, 9.17) is 5.11 Å². The van der Waals surface area contributed by atoms with Gasteiger partial charge in [0.05, 0.1) is 0 Å². The van der Waals surface area contributed by atoms with Crippen LogP contribution >= 0.6 is 0 Å². The van der Waals surface area contributed by atoms with Crippen LogP contribution < -0.4 is 0 Å². The van der Waals surface area contributed by atoms with Crippen LogP contribution in [-0.4, -0.2) is 22.7 Å². The van der Waals surface area contributed by atoms with Gasteiger partial charge in [0.2, 0.25) is 0 Å². The second-order valence-corrected chi connectivity index (χ2v) is 0.993. The SMILES string of the molecule is C=CN(OC=O)C(=O)O. The predicted octanol–water partition coefficient (Wildman–Crippen LogP) is 0.198. The van der Waals surface area contributed by atoms with E-state index < -0.39 is 6.09 Å². The molecule has 0 fully saturated rings. The van der Waals surface area contributed by atoms with E-state index in [9.17, 15) is 9.59 Å². The van der Waals surface area contributed by atoms with E-state index in [1.165, 1.54) is 0 Å². The molecule has 0 aliphatic carbocycles. The highest BCUT2D eigenvalue weighted by molar-refractivity contribution is 5.65. The molecule has 0 spiro atoms. The van der Waals surface area contributed by atoms with E-state index in [0.717, 1.165) is 6.20 Å². The van der Waals surface area contributed by atoms with Crippen molar-refractivity contribution < 1.29 is 19.5 Å². The number of amides is 1. The average Bonchev–Trinajstić information content (AvgIpc) is 1.82. The van der Waals surface area contributed by atoms with Crippen LogP contribution in [0.4, 0.5) is 4.79 Å². The minimum absolute atomic E-state index is 0.00417. The number of nitrogens with zero attached hydrogens (tertiary/aromatic N) is 1. The number of carbonyl (C=O) groups excluding carboxylic acids is 1. The summed E-state index contributed by atoms with van der Waals surface area (Å²) in [4.78, 5) is 23.3. The van der Waals surface area contributed by atoms with Gasteiger partial charge < -0.3 is 9.94 Å². The van der Waals surface area contributed by atoms with Crippen molar-refractivity contribution in [2.75, 3.05) is 0 Å². The highest BCUT2D eigenvalue weighted by Gasteiger charge is 2.05. The summed E-state index contributed by atoms with van der Waals surface area (Å²) in [6.45, 7) is 3.06. The molecule has 0 atom stereocenters. The third-order valence-corrected chi connectivity index (χ3v) is 0.511. The molecule has 1 N–H and O–H groups in total. The molecule has 0 radical (unpaired) electrons. The van der Waals surface area contributed by atoms with Gasteiger partial charge >= 0.3 is 12.6 Å². The van der Waals surface area contributed by atoms with E-state index in [1.54, 1.807) is 0 Å². The highest BCUT2D eigenvalue weighted by atomic mass is 16.7. The maximum atomic E-state index is 9.89. The van der Waals surface area contributed by atoms with Crippen molar-refractivity contribution in [1.82, 2.24) is 5.06 Å². The smallest absolute Gasteiger partial charge is 0.445 e. The minimum Gasteiger partial charge on any atom is -0.463 e. The summed E-state index contributed by atoms with van der Waals surface area (Å²) in [5.74, 6) is 0. The predicted molar refractivity (Wildman–Crippen MR) is 27.2 cm³/mol. The zero-order valence-electron chi connectivity index (χ0n) is 4.48. The first kappa shape index (κ1) is 7.48. The normalized spacial score (nSPS) is 7.56. The molecule has 0 aliphatic rings. The number of carboxylic acid groups (broad SMARTS) is 1. The van der Waals surface area contributed by atoms with Gasteiger partial charge in [-0.3, -0.25) is 4.79 Å². The fourth-order valence-electron chi connectivity index (χ4n) is 0.213. The molecular formula is C4H5NO4. The molecule has 0 rings (SSSR count). The fourth-order valence-corrected chi connectivity index (χ4v) is 0.213. The van der Waals surface area contributed by atoms with Crippen LogP contribution in [0.2, 0.25) is 0 Å². The third kappa shape index (κ3) is 2.32. The molecule has 0 aromatic carbocycles. The van der Waals surface area contributed by atoms with Crippen LogP contribution in [0.3, 0.4) is 0 Å². The summed E-state index contributed by atoms with van der Waals surface area (Å²) in [6.07, 6.45) is -0.534. The molecule has 0 saturated heterocycles.